The molecule has 0 bridgehead atoms. The summed E-state index contributed by atoms with van der Waals surface area (Å²) in [5, 5.41) is 3.06. The fraction of sp³-hybridized carbons (Fsp3) is 0.526. The predicted molar refractivity (Wildman–Crippen MR) is 105 cm³/mol. The number of aromatic amines is 1. The van der Waals surface area contributed by atoms with Crippen molar-refractivity contribution >= 4 is 23.2 Å². The molecule has 1 aliphatic rings. The quantitative estimate of drug-likeness (QED) is 0.794. The Bertz CT molecular complexity index is 834. The van der Waals surface area contributed by atoms with Gasteiger partial charge in [0.05, 0.1) is 30.1 Å². The standard InChI is InChI=1S/C19H26N4O3S/c1-5-26-19(25)17-12(2)18(20-13(17)3)15-11-27-16(21-15)10-22-6-8-23(9-7-22)14(4)24/h11,20H,5-10H2,1-4H3. The van der Waals surface area contributed by atoms with Crippen LogP contribution in [-0.2, 0) is 16.1 Å². The van der Waals surface area contributed by atoms with Crippen molar-refractivity contribution in [3.8, 4) is 11.4 Å². The van der Waals surface area contributed by atoms with Crippen molar-refractivity contribution in [3.63, 3.8) is 0 Å². The predicted octanol–water partition coefficient (Wildman–Crippen LogP) is 2.60. The number of piperazine rings is 1. The van der Waals surface area contributed by atoms with E-state index < -0.39 is 0 Å². The van der Waals surface area contributed by atoms with E-state index in [2.05, 4.69) is 9.88 Å². The second-order valence-electron chi connectivity index (χ2n) is 6.75. The van der Waals surface area contributed by atoms with Crippen LogP contribution in [0.3, 0.4) is 0 Å². The average Bonchev–Trinajstić information content (AvgIpc) is 3.19. The minimum absolute atomic E-state index is 0.140. The van der Waals surface area contributed by atoms with Crippen molar-refractivity contribution in [3.05, 3.63) is 27.2 Å². The number of esters is 1. The van der Waals surface area contributed by atoms with Gasteiger partial charge in [-0.05, 0) is 26.3 Å². The van der Waals surface area contributed by atoms with E-state index in [-0.39, 0.29) is 11.9 Å². The highest BCUT2D eigenvalue weighted by Gasteiger charge is 2.22. The molecule has 7 nitrogen and oxygen atoms in total. The summed E-state index contributed by atoms with van der Waals surface area (Å²) in [7, 11) is 0. The zero-order chi connectivity index (χ0) is 19.6. The number of H-pyrrole nitrogens is 1. The van der Waals surface area contributed by atoms with Crippen LogP contribution in [0.4, 0.5) is 0 Å². The van der Waals surface area contributed by atoms with Crippen LogP contribution in [0.15, 0.2) is 5.38 Å². The number of aryl methyl sites for hydroxylation is 1. The second kappa shape index (κ2) is 8.22. The molecule has 3 heterocycles. The van der Waals surface area contributed by atoms with Crippen molar-refractivity contribution in [2.45, 2.75) is 34.2 Å². The molecule has 1 fully saturated rings. The SMILES string of the molecule is CCOC(=O)c1c(C)[nH]c(-c2csc(CN3CCN(C(C)=O)CC3)n2)c1C. The third kappa shape index (κ3) is 4.22. The van der Waals surface area contributed by atoms with E-state index in [4.69, 9.17) is 9.72 Å². The van der Waals surface area contributed by atoms with Gasteiger partial charge >= 0.3 is 5.97 Å². The van der Waals surface area contributed by atoms with Crippen molar-refractivity contribution in [2.75, 3.05) is 32.8 Å². The third-order valence-electron chi connectivity index (χ3n) is 4.90. The molecule has 1 amide bonds. The fourth-order valence-electron chi connectivity index (χ4n) is 3.43. The molecule has 2 aromatic rings. The Morgan fingerprint density at radius 3 is 2.59 bits per heavy atom. The maximum absolute atomic E-state index is 12.2. The van der Waals surface area contributed by atoms with Gasteiger partial charge in [0.2, 0.25) is 5.91 Å². The van der Waals surface area contributed by atoms with Gasteiger partial charge in [-0.25, -0.2) is 9.78 Å². The number of carbonyl (C=O) groups excluding carboxylic acids is 2. The number of hydrogen-bond acceptors (Lipinski definition) is 6. The number of thiazole rings is 1. The molecule has 2 aromatic heterocycles. The van der Waals surface area contributed by atoms with Crippen LogP contribution in [0.25, 0.3) is 11.4 Å². The van der Waals surface area contributed by atoms with E-state index in [1.807, 2.05) is 24.1 Å². The van der Waals surface area contributed by atoms with Crippen molar-refractivity contribution in [1.29, 1.82) is 0 Å². The highest BCUT2D eigenvalue weighted by molar-refractivity contribution is 7.09. The van der Waals surface area contributed by atoms with Crippen molar-refractivity contribution in [1.82, 2.24) is 19.8 Å². The number of nitrogens with one attached hydrogen (secondary N) is 1. The van der Waals surface area contributed by atoms with Crippen LogP contribution in [-0.4, -0.2) is 64.4 Å². The van der Waals surface area contributed by atoms with Crippen LogP contribution in [0, 0.1) is 13.8 Å². The lowest BCUT2D eigenvalue weighted by Crippen LogP contribution is -2.47. The Hall–Kier alpha value is -2.19. The Balaban J connectivity index is 1.70. The molecule has 146 valence electrons. The Morgan fingerprint density at radius 1 is 1.26 bits per heavy atom. The summed E-state index contributed by atoms with van der Waals surface area (Å²) in [5.41, 5.74) is 4.00. The maximum atomic E-state index is 12.2. The molecular formula is C19H26N4O3S. The summed E-state index contributed by atoms with van der Waals surface area (Å²) < 4.78 is 5.16. The normalized spacial score (nSPS) is 15.2. The lowest BCUT2D eigenvalue weighted by molar-refractivity contribution is -0.130. The summed E-state index contributed by atoms with van der Waals surface area (Å²) in [6, 6.07) is 0. The van der Waals surface area contributed by atoms with Crippen LogP contribution in [0.1, 0.15) is 40.5 Å². The van der Waals surface area contributed by atoms with Gasteiger partial charge < -0.3 is 14.6 Å². The van der Waals surface area contributed by atoms with Gasteiger partial charge in [0.1, 0.15) is 5.01 Å². The molecule has 8 heteroatoms. The molecule has 0 aromatic carbocycles. The van der Waals surface area contributed by atoms with Gasteiger partial charge in [0, 0.05) is 44.2 Å². The van der Waals surface area contributed by atoms with E-state index >= 15 is 0 Å². The van der Waals surface area contributed by atoms with Crippen molar-refractivity contribution < 1.29 is 14.3 Å². The van der Waals surface area contributed by atoms with Gasteiger partial charge in [-0.15, -0.1) is 11.3 Å². The third-order valence-corrected chi connectivity index (χ3v) is 5.74. The molecule has 3 rings (SSSR count). The first-order chi connectivity index (χ1) is 12.9. The Kier molecular flexibility index (Phi) is 5.96. The zero-order valence-corrected chi connectivity index (χ0v) is 17.1. The maximum Gasteiger partial charge on any atom is 0.340 e. The van der Waals surface area contributed by atoms with Crippen LogP contribution >= 0.6 is 11.3 Å². The molecule has 1 aliphatic heterocycles. The smallest absolute Gasteiger partial charge is 0.340 e. The Labute approximate surface area is 163 Å². The largest absolute Gasteiger partial charge is 0.462 e. The van der Waals surface area contributed by atoms with Crippen LogP contribution in [0.5, 0.6) is 0 Å². The molecule has 0 aliphatic carbocycles. The molecule has 0 unspecified atom stereocenters. The molecule has 0 radical (unpaired) electrons. The number of aromatic nitrogens is 2. The highest BCUT2D eigenvalue weighted by Crippen LogP contribution is 2.29. The molecule has 0 atom stereocenters. The van der Waals surface area contributed by atoms with E-state index in [0.717, 1.165) is 60.4 Å². The summed E-state index contributed by atoms with van der Waals surface area (Å²) in [6.45, 7) is 11.6. The first kappa shape index (κ1) is 19.6. The number of ether oxygens (including phenoxy) is 1. The monoisotopic (exact) mass is 390 g/mol. The van der Waals surface area contributed by atoms with Crippen LogP contribution < -0.4 is 0 Å². The first-order valence-electron chi connectivity index (χ1n) is 9.19. The van der Waals surface area contributed by atoms with Gasteiger partial charge in [-0.1, -0.05) is 0 Å². The van der Waals surface area contributed by atoms with Gasteiger partial charge in [-0.3, -0.25) is 9.69 Å². The number of hydrogen-bond donors (Lipinski definition) is 1. The number of carbonyl (C=O) groups is 2. The lowest BCUT2D eigenvalue weighted by Gasteiger charge is -2.33. The van der Waals surface area contributed by atoms with Gasteiger partial charge in [-0.2, -0.15) is 0 Å². The molecule has 1 saturated heterocycles. The van der Waals surface area contributed by atoms with E-state index in [1.54, 1.807) is 25.2 Å². The molecule has 27 heavy (non-hydrogen) atoms. The lowest BCUT2D eigenvalue weighted by atomic mass is 10.1. The topological polar surface area (TPSA) is 78.5 Å². The minimum Gasteiger partial charge on any atom is -0.462 e. The number of rotatable bonds is 5. The van der Waals surface area contributed by atoms with Crippen LogP contribution in [0.2, 0.25) is 0 Å². The molecule has 0 spiro atoms. The zero-order valence-electron chi connectivity index (χ0n) is 16.3. The second-order valence-corrected chi connectivity index (χ2v) is 7.70. The van der Waals surface area contributed by atoms with Gasteiger partial charge in [0.25, 0.3) is 0 Å². The Morgan fingerprint density at radius 2 is 1.96 bits per heavy atom. The molecule has 1 N–H and O–H groups in total. The summed E-state index contributed by atoms with van der Waals surface area (Å²) in [6.07, 6.45) is 0. The van der Waals surface area contributed by atoms with Gasteiger partial charge in [0.15, 0.2) is 0 Å². The highest BCUT2D eigenvalue weighted by atomic mass is 32.1. The van der Waals surface area contributed by atoms with E-state index in [1.165, 1.54) is 0 Å². The van der Waals surface area contributed by atoms with E-state index in [0.29, 0.717) is 12.2 Å². The van der Waals surface area contributed by atoms with Crippen molar-refractivity contribution in [2.24, 2.45) is 0 Å². The summed E-state index contributed by atoms with van der Waals surface area (Å²) in [5.74, 6) is -0.157. The number of nitrogens with zero attached hydrogens (tertiary/aromatic N) is 3. The first-order valence-corrected chi connectivity index (χ1v) is 10.1. The summed E-state index contributed by atoms with van der Waals surface area (Å²) >= 11 is 1.62. The molecular weight excluding hydrogens is 364 g/mol. The fourth-order valence-corrected chi connectivity index (χ4v) is 4.25. The number of amides is 1. The minimum atomic E-state index is -0.297. The summed E-state index contributed by atoms with van der Waals surface area (Å²) in [4.78, 5) is 35.9. The molecule has 0 saturated carbocycles. The van der Waals surface area contributed by atoms with E-state index in [9.17, 15) is 9.59 Å². The average molecular weight is 391 g/mol.